The fraction of sp³-hybridized carbons (Fsp3) is 0.389. The van der Waals surface area contributed by atoms with E-state index in [0.29, 0.717) is 11.6 Å². The van der Waals surface area contributed by atoms with Crippen molar-refractivity contribution in [1.82, 2.24) is 9.97 Å². The molecule has 1 heterocycles. The van der Waals surface area contributed by atoms with E-state index in [1.807, 2.05) is 32.0 Å². The molecule has 0 saturated carbocycles. The van der Waals surface area contributed by atoms with Gasteiger partial charge in [-0.1, -0.05) is 31.2 Å². The van der Waals surface area contributed by atoms with E-state index >= 15 is 0 Å². The first-order valence-electron chi connectivity index (χ1n) is 7.85. The summed E-state index contributed by atoms with van der Waals surface area (Å²) in [7, 11) is 3.77. The summed E-state index contributed by atoms with van der Waals surface area (Å²) >= 11 is 0. The molecule has 1 unspecified atom stereocenters. The molecule has 0 aliphatic heterocycles. The maximum atomic E-state index is 12.7. The van der Waals surface area contributed by atoms with Crippen molar-refractivity contribution in [3.8, 4) is 0 Å². The minimum atomic E-state index is -0.394. The summed E-state index contributed by atoms with van der Waals surface area (Å²) in [6.07, 6.45) is 5.87. The molecule has 120 valence electrons. The lowest BCUT2D eigenvalue weighted by atomic mass is 9.72. The van der Waals surface area contributed by atoms with E-state index in [0.717, 1.165) is 19.3 Å². The van der Waals surface area contributed by atoms with Gasteiger partial charge in [0.25, 0.3) is 0 Å². The number of fused-ring (bicyclic) bond motifs is 1. The van der Waals surface area contributed by atoms with Crippen LogP contribution in [0.3, 0.4) is 0 Å². The van der Waals surface area contributed by atoms with E-state index in [1.54, 1.807) is 12.4 Å². The highest BCUT2D eigenvalue weighted by molar-refractivity contribution is 5.95. The predicted molar refractivity (Wildman–Crippen MR) is 91.6 cm³/mol. The first-order valence-corrected chi connectivity index (χ1v) is 7.85. The molecule has 1 amide bonds. The summed E-state index contributed by atoms with van der Waals surface area (Å²) in [5.74, 6) is 0.661. The molecule has 0 fully saturated rings. The zero-order valence-corrected chi connectivity index (χ0v) is 13.8. The van der Waals surface area contributed by atoms with Crippen LogP contribution in [0.5, 0.6) is 0 Å². The minimum absolute atomic E-state index is 0.0354. The lowest BCUT2D eigenvalue weighted by Gasteiger charge is -2.33. The number of anilines is 2. The molecule has 5 nitrogen and oxygen atoms in total. The Bertz CT molecular complexity index is 711. The van der Waals surface area contributed by atoms with Crippen LogP contribution in [0.15, 0.2) is 36.7 Å². The predicted octanol–water partition coefficient (Wildman–Crippen LogP) is 2.68. The zero-order valence-electron chi connectivity index (χ0n) is 13.8. The van der Waals surface area contributed by atoms with Gasteiger partial charge in [-0.2, -0.15) is 0 Å². The topological polar surface area (TPSA) is 58.1 Å². The van der Waals surface area contributed by atoms with Gasteiger partial charge < -0.3 is 10.2 Å². The van der Waals surface area contributed by atoms with Crippen molar-refractivity contribution >= 4 is 17.5 Å². The molecule has 0 saturated heterocycles. The summed E-state index contributed by atoms with van der Waals surface area (Å²) in [5, 5.41) is 2.97. The summed E-state index contributed by atoms with van der Waals surface area (Å²) < 4.78 is 0. The van der Waals surface area contributed by atoms with Crippen LogP contribution in [0.2, 0.25) is 0 Å². The Morgan fingerprint density at radius 1 is 1.17 bits per heavy atom. The van der Waals surface area contributed by atoms with Gasteiger partial charge in [0.2, 0.25) is 11.9 Å². The second-order valence-electron chi connectivity index (χ2n) is 6.63. The third-order valence-corrected chi connectivity index (χ3v) is 4.49. The zero-order chi connectivity index (χ0) is 16.4. The molecule has 5 heteroatoms. The van der Waals surface area contributed by atoms with Crippen LogP contribution in [-0.2, 0) is 17.6 Å². The molecule has 23 heavy (non-hydrogen) atoms. The second-order valence-corrected chi connectivity index (χ2v) is 6.63. The van der Waals surface area contributed by atoms with E-state index in [-0.39, 0.29) is 5.91 Å². The number of aryl methyl sites for hydroxylation is 1. The molecule has 0 spiro atoms. The van der Waals surface area contributed by atoms with Gasteiger partial charge in [0.15, 0.2) is 0 Å². The number of hydrogen-bond acceptors (Lipinski definition) is 4. The minimum Gasteiger partial charge on any atom is -0.347 e. The second kappa shape index (κ2) is 5.99. The molecule has 1 N–H and O–H groups in total. The maximum absolute atomic E-state index is 12.7. The lowest BCUT2D eigenvalue weighted by molar-refractivity contribution is -0.125. The number of nitrogens with zero attached hydrogens (tertiary/aromatic N) is 3. The Morgan fingerprint density at radius 2 is 1.83 bits per heavy atom. The SMILES string of the molecule is CN(C)c1ncc(NC(=O)C2(C)CCc3ccccc3C2)cn1. The summed E-state index contributed by atoms with van der Waals surface area (Å²) in [6, 6.07) is 8.37. The van der Waals surface area contributed by atoms with E-state index in [4.69, 9.17) is 0 Å². The highest BCUT2D eigenvalue weighted by Gasteiger charge is 2.36. The van der Waals surface area contributed by atoms with E-state index in [2.05, 4.69) is 33.5 Å². The molecule has 3 rings (SSSR count). The van der Waals surface area contributed by atoms with Crippen LogP contribution in [-0.4, -0.2) is 30.0 Å². The Morgan fingerprint density at radius 3 is 2.48 bits per heavy atom. The normalized spacial score (nSPS) is 19.8. The van der Waals surface area contributed by atoms with Gasteiger partial charge in [-0.05, 0) is 30.4 Å². The van der Waals surface area contributed by atoms with Crippen LogP contribution in [0, 0.1) is 5.41 Å². The first-order chi connectivity index (χ1) is 11.0. The van der Waals surface area contributed by atoms with Crippen molar-refractivity contribution in [2.24, 2.45) is 5.41 Å². The average molecular weight is 310 g/mol. The molecule has 1 aliphatic carbocycles. The third kappa shape index (κ3) is 3.18. The quantitative estimate of drug-likeness (QED) is 0.947. The molecular formula is C18H22N4O. The van der Waals surface area contributed by atoms with Gasteiger partial charge in [-0.25, -0.2) is 9.97 Å². The van der Waals surface area contributed by atoms with Crippen molar-refractivity contribution in [3.63, 3.8) is 0 Å². The number of benzene rings is 1. The number of hydrogen-bond donors (Lipinski definition) is 1. The van der Waals surface area contributed by atoms with Crippen molar-refractivity contribution in [1.29, 1.82) is 0 Å². The number of aromatic nitrogens is 2. The molecule has 2 aromatic rings. The summed E-state index contributed by atoms with van der Waals surface area (Å²) in [4.78, 5) is 23.0. The standard InChI is InChI=1S/C18H22N4O/c1-18(9-8-13-6-4-5-7-14(13)10-18)16(23)21-15-11-19-17(20-12-15)22(2)3/h4-7,11-12H,8-10H2,1-3H3,(H,21,23). The maximum Gasteiger partial charge on any atom is 0.230 e. The van der Waals surface area contributed by atoms with Gasteiger partial charge >= 0.3 is 0 Å². The first kappa shape index (κ1) is 15.5. The number of amides is 1. The molecule has 1 aromatic carbocycles. The van der Waals surface area contributed by atoms with Crippen LogP contribution in [0.25, 0.3) is 0 Å². The van der Waals surface area contributed by atoms with Gasteiger partial charge in [0, 0.05) is 14.1 Å². The van der Waals surface area contributed by atoms with E-state index in [1.165, 1.54) is 11.1 Å². The van der Waals surface area contributed by atoms with Gasteiger partial charge in [0.1, 0.15) is 0 Å². The van der Waals surface area contributed by atoms with Crippen LogP contribution in [0.1, 0.15) is 24.5 Å². The van der Waals surface area contributed by atoms with Crippen molar-refractivity contribution in [2.75, 3.05) is 24.3 Å². The highest BCUT2D eigenvalue weighted by Crippen LogP contribution is 2.36. The van der Waals surface area contributed by atoms with Crippen molar-refractivity contribution in [3.05, 3.63) is 47.8 Å². The third-order valence-electron chi connectivity index (χ3n) is 4.49. The fourth-order valence-corrected chi connectivity index (χ4v) is 2.99. The van der Waals surface area contributed by atoms with Crippen molar-refractivity contribution < 1.29 is 4.79 Å². The molecule has 1 atom stereocenters. The molecule has 0 bridgehead atoms. The Balaban J connectivity index is 1.73. The Labute approximate surface area is 136 Å². The average Bonchev–Trinajstić information content (AvgIpc) is 2.55. The monoisotopic (exact) mass is 310 g/mol. The molecular weight excluding hydrogens is 288 g/mol. The molecule has 0 radical (unpaired) electrons. The van der Waals surface area contributed by atoms with Crippen LogP contribution >= 0.6 is 0 Å². The van der Waals surface area contributed by atoms with E-state index < -0.39 is 5.41 Å². The van der Waals surface area contributed by atoms with Crippen molar-refractivity contribution in [2.45, 2.75) is 26.2 Å². The summed E-state index contributed by atoms with van der Waals surface area (Å²) in [6.45, 7) is 2.04. The largest absolute Gasteiger partial charge is 0.347 e. The number of carbonyl (C=O) groups is 1. The molecule has 1 aromatic heterocycles. The smallest absolute Gasteiger partial charge is 0.230 e. The summed E-state index contributed by atoms with van der Waals surface area (Å²) in [5.41, 5.74) is 2.88. The Kier molecular flexibility index (Phi) is 4.03. The van der Waals surface area contributed by atoms with Gasteiger partial charge in [-0.3, -0.25) is 4.79 Å². The molecule has 1 aliphatic rings. The Hall–Kier alpha value is -2.43. The highest BCUT2D eigenvalue weighted by atomic mass is 16.2. The fourth-order valence-electron chi connectivity index (χ4n) is 2.99. The van der Waals surface area contributed by atoms with E-state index in [9.17, 15) is 4.79 Å². The number of rotatable bonds is 3. The van der Waals surface area contributed by atoms with Crippen LogP contribution in [0.4, 0.5) is 11.6 Å². The van der Waals surface area contributed by atoms with Gasteiger partial charge in [-0.15, -0.1) is 0 Å². The lowest BCUT2D eigenvalue weighted by Crippen LogP contribution is -2.38. The number of nitrogens with one attached hydrogen (secondary N) is 1. The number of carbonyl (C=O) groups excluding carboxylic acids is 1. The van der Waals surface area contributed by atoms with Gasteiger partial charge in [0.05, 0.1) is 23.5 Å². The van der Waals surface area contributed by atoms with Crippen LogP contribution < -0.4 is 10.2 Å².